The number of ether oxygens (including phenoxy) is 1. The van der Waals surface area contributed by atoms with Gasteiger partial charge in [0.1, 0.15) is 0 Å². The molecule has 1 heterocycles. The molecule has 1 fully saturated rings. The minimum Gasteiger partial charge on any atom is -0.388 e. The topological polar surface area (TPSA) is 29.5 Å². The fourth-order valence-electron chi connectivity index (χ4n) is 2.43. The molecule has 1 aliphatic carbocycles. The number of hydrogen-bond acceptors (Lipinski definition) is 3. The number of aryl methyl sites for hydroxylation is 1. The third-order valence-electron chi connectivity index (χ3n) is 3.51. The normalized spacial score (nSPS) is 25.6. The van der Waals surface area contributed by atoms with E-state index in [2.05, 4.69) is 19.1 Å². The van der Waals surface area contributed by atoms with Gasteiger partial charge < -0.3 is 9.84 Å². The van der Waals surface area contributed by atoms with Crippen LogP contribution in [0.15, 0.2) is 12.1 Å². The Labute approximate surface area is 108 Å². The van der Waals surface area contributed by atoms with Crippen molar-refractivity contribution in [2.24, 2.45) is 5.92 Å². The van der Waals surface area contributed by atoms with Crippen LogP contribution in [0.1, 0.15) is 49.0 Å². The van der Waals surface area contributed by atoms with Crippen LogP contribution in [0, 0.1) is 5.92 Å². The average Bonchev–Trinajstić information content (AvgIpc) is 2.74. The second kappa shape index (κ2) is 5.98. The molecular weight excluding hydrogens is 232 g/mol. The smallest absolute Gasteiger partial charge is 0.0884 e. The first kappa shape index (κ1) is 13.1. The highest BCUT2D eigenvalue weighted by Gasteiger charge is 2.31. The van der Waals surface area contributed by atoms with E-state index in [9.17, 15) is 5.11 Å². The van der Waals surface area contributed by atoms with Crippen molar-refractivity contribution in [1.29, 1.82) is 0 Å². The van der Waals surface area contributed by atoms with Crippen LogP contribution in [-0.2, 0) is 11.2 Å². The second-order valence-electron chi connectivity index (χ2n) is 4.82. The van der Waals surface area contributed by atoms with Crippen LogP contribution >= 0.6 is 11.3 Å². The summed E-state index contributed by atoms with van der Waals surface area (Å²) in [6, 6.07) is 4.21. The van der Waals surface area contributed by atoms with Gasteiger partial charge in [0.2, 0.25) is 0 Å². The Balaban J connectivity index is 1.76. The van der Waals surface area contributed by atoms with Gasteiger partial charge in [-0.3, -0.25) is 0 Å². The molecule has 2 nitrogen and oxygen atoms in total. The van der Waals surface area contributed by atoms with Gasteiger partial charge in [0.25, 0.3) is 0 Å². The highest BCUT2D eigenvalue weighted by molar-refractivity contribution is 7.12. The Morgan fingerprint density at radius 1 is 1.41 bits per heavy atom. The van der Waals surface area contributed by atoms with Crippen molar-refractivity contribution < 1.29 is 9.84 Å². The highest BCUT2D eigenvalue weighted by atomic mass is 32.1. The molecule has 0 saturated heterocycles. The van der Waals surface area contributed by atoms with E-state index < -0.39 is 0 Å². The lowest BCUT2D eigenvalue weighted by atomic mass is 9.78. The van der Waals surface area contributed by atoms with Gasteiger partial charge in [-0.05, 0) is 50.7 Å². The van der Waals surface area contributed by atoms with Crippen molar-refractivity contribution in [3.8, 4) is 0 Å². The summed E-state index contributed by atoms with van der Waals surface area (Å²) in [6.07, 6.45) is 4.38. The van der Waals surface area contributed by atoms with Crippen LogP contribution < -0.4 is 0 Å². The minimum atomic E-state index is -0.270. The maximum atomic E-state index is 10.2. The Hall–Kier alpha value is -0.380. The Morgan fingerprint density at radius 3 is 2.76 bits per heavy atom. The van der Waals surface area contributed by atoms with E-state index in [0.29, 0.717) is 12.0 Å². The van der Waals surface area contributed by atoms with Gasteiger partial charge in [0.15, 0.2) is 0 Å². The fourth-order valence-corrected chi connectivity index (χ4v) is 3.39. The molecule has 1 N–H and O–H groups in total. The molecule has 1 aromatic heterocycles. The molecule has 1 atom stereocenters. The molecule has 1 unspecified atom stereocenters. The molecule has 0 spiro atoms. The van der Waals surface area contributed by atoms with E-state index in [0.717, 1.165) is 37.2 Å². The van der Waals surface area contributed by atoms with Gasteiger partial charge in [0, 0.05) is 16.4 Å². The molecule has 1 aliphatic rings. The standard InChI is InChI=1S/C14H22O2S/c1-3-12-5-6-14(17-12)13(15)9-10-7-11(8-10)16-4-2/h5-6,10-11,13,15H,3-4,7-9H2,1-2H3. The van der Waals surface area contributed by atoms with Crippen LogP contribution in [-0.4, -0.2) is 17.8 Å². The number of hydrogen-bond donors (Lipinski definition) is 1. The number of rotatable bonds is 6. The predicted molar refractivity (Wildman–Crippen MR) is 71.4 cm³/mol. The van der Waals surface area contributed by atoms with E-state index in [1.54, 1.807) is 11.3 Å². The van der Waals surface area contributed by atoms with Crippen LogP contribution in [0.5, 0.6) is 0 Å². The molecule has 0 amide bonds. The lowest BCUT2D eigenvalue weighted by Gasteiger charge is -2.35. The van der Waals surface area contributed by atoms with Crippen LogP contribution in [0.25, 0.3) is 0 Å². The highest BCUT2D eigenvalue weighted by Crippen LogP contribution is 2.38. The molecule has 3 heteroatoms. The summed E-state index contributed by atoms with van der Waals surface area (Å²) in [7, 11) is 0. The zero-order valence-corrected chi connectivity index (χ0v) is 11.5. The summed E-state index contributed by atoms with van der Waals surface area (Å²) in [5.41, 5.74) is 0. The molecule has 0 radical (unpaired) electrons. The van der Waals surface area contributed by atoms with E-state index in [4.69, 9.17) is 4.74 Å². The molecular formula is C14H22O2S. The molecule has 2 rings (SSSR count). The van der Waals surface area contributed by atoms with Crippen molar-refractivity contribution in [2.45, 2.75) is 51.7 Å². The zero-order valence-electron chi connectivity index (χ0n) is 10.7. The molecule has 0 aromatic carbocycles. The van der Waals surface area contributed by atoms with E-state index >= 15 is 0 Å². The van der Waals surface area contributed by atoms with Gasteiger partial charge in [-0.25, -0.2) is 0 Å². The Kier molecular flexibility index (Phi) is 4.60. The van der Waals surface area contributed by atoms with Crippen molar-refractivity contribution in [1.82, 2.24) is 0 Å². The van der Waals surface area contributed by atoms with Crippen LogP contribution in [0.3, 0.4) is 0 Å². The van der Waals surface area contributed by atoms with Crippen LogP contribution in [0.2, 0.25) is 0 Å². The van der Waals surface area contributed by atoms with E-state index in [1.807, 2.05) is 6.92 Å². The summed E-state index contributed by atoms with van der Waals surface area (Å²) >= 11 is 1.75. The molecule has 17 heavy (non-hydrogen) atoms. The van der Waals surface area contributed by atoms with Gasteiger partial charge in [-0.2, -0.15) is 0 Å². The first-order valence-electron chi connectivity index (χ1n) is 6.61. The summed E-state index contributed by atoms with van der Waals surface area (Å²) in [6.45, 7) is 5.01. The van der Waals surface area contributed by atoms with Gasteiger partial charge in [-0.15, -0.1) is 11.3 Å². The molecule has 1 aromatic rings. The van der Waals surface area contributed by atoms with E-state index in [1.165, 1.54) is 4.88 Å². The monoisotopic (exact) mass is 254 g/mol. The quantitative estimate of drug-likeness (QED) is 0.841. The van der Waals surface area contributed by atoms with Crippen molar-refractivity contribution in [2.75, 3.05) is 6.61 Å². The van der Waals surface area contributed by atoms with E-state index in [-0.39, 0.29) is 6.10 Å². The predicted octanol–water partition coefficient (Wildman–Crippen LogP) is 3.55. The first-order valence-corrected chi connectivity index (χ1v) is 7.42. The third-order valence-corrected chi connectivity index (χ3v) is 4.84. The molecule has 0 bridgehead atoms. The first-order chi connectivity index (χ1) is 8.22. The Bertz CT molecular complexity index is 342. The second-order valence-corrected chi connectivity index (χ2v) is 6.02. The van der Waals surface area contributed by atoms with Crippen molar-refractivity contribution in [3.63, 3.8) is 0 Å². The summed E-state index contributed by atoms with van der Waals surface area (Å²) < 4.78 is 5.54. The maximum Gasteiger partial charge on any atom is 0.0884 e. The zero-order chi connectivity index (χ0) is 12.3. The van der Waals surface area contributed by atoms with Gasteiger partial charge >= 0.3 is 0 Å². The Morgan fingerprint density at radius 2 is 2.18 bits per heavy atom. The van der Waals surface area contributed by atoms with Crippen molar-refractivity contribution >= 4 is 11.3 Å². The summed E-state index contributed by atoms with van der Waals surface area (Å²) in [5.74, 6) is 0.647. The summed E-state index contributed by atoms with van der Waals surface area (Å²) in [4.78, 5) is 2.49. The number of aliphatic hydroxyl groups excluding tert-OH is 1. The minimum absolute atomic E-state index is 0.270. The van der Waals surface area contributed by atoms with Gasteiger partial charge in [-0.1, -0.05) is 6.92 Å². The SMILES string of the molecule is CCOC1CC(CC(O)c2ccc(CC)s2)C1. The average molecular weight is 254 g/mol. The summed E-state index contributed by atoms with van der Waals surface area (Å²) in [5, 5.41) is 10.2. The lowest BCUT2D eigenvalue weighted by Crippen LogP contribution is -2.32. The third kappa shape index (κ3) is 3.30. The van der Waals surface area contributed by atoms with Crippen molar-refractivity contribution in [3.05, 3.63) is 21.9 Å². The lowest BCUT2D eigenvalue weighted by molar-refractivity contribution is -0.0377. The number of aliphatic hydroxyl groups is 1. The maximum absolute atomic E-state index is 10.2. The largest absolute Gasteiger partial charge is 0.388 e. The number of thiophene rings is 1. The molecule has 1 saturated carbocycles. The van der Waals surface area contributed by atoms with Crippen LogP contribution in [0.4, 0.5) is 0 Å². The fraction of sp³-hybridized carbons (Fsp3) is 0.714. The molecule has 96 valence electrons. The van der Waals surface area contributed by atoms with Gasteiger partial charge in [0.05, 0.1) is 12.2 Å². The molecule has 0 aliphatic heterocycles.